The highest BCUT2D eigenvalue weighted by atomic mass is 16.5. The highest BCUT2D eigenvalue weighted by Crippen LogP contribution is 2.31. The quantitative estimate of drug-likeness (QED) is 0.886. The Morgan fingerprint density at radius 1 is 1.12 bits per heavy atom. The number of nitrogens with one attached hydrogen (secondary N) is 1. The molecule has 0 atom stereocenters. The maximum Gasteiger partial charge on any atom is 0.251 e. The molecule has 2 aromatic rings. The van der Waals surface area contributed by atoms with E-state index in [2.05, 4.69) is 5.32 Å². The van der Waals surface area contributed by atoms with Gasteiger partial charge in [0.1, 0.15) is 11.5 Å². The molecule has 128 valence electrons. The van der Waals surface area contributed by atoms with Gasteiger partial charge in [0.25, 0.3) is 5.91 Å². The number of methoxy groups -OCH3 is 2. The molecule has 0 fully saturated rings. The third-order valence-electron chi connectivity index (χ3n) is 3.93. The van der Waals surface area contributed by atoms with Gasteiger partial charge >= 0.3 is 0 Å². The Bertz CT molecular complexity index is 727. The van der Waals surface area contributed by atoms with Crippen LogP contribution in [0.4, 0.5) is 5.69 Å². The molecule has 0 aliphatic carbocycles. The van der Waals surface area contributed by atoms with Gasteiger partial charge in [0.05, 0.1) is 14.2 Å². The zero-order valence-corrected chi connectivity index (χ0v) is 14.8. The topological polar surface area (TPSA) is 50.8 Å². The molecular formula is C19H24N2O3. The lowest BCUT2D eigenvalue weighted by Gasteiger charge is -2.16. The monoisotopic (exact) mass is 328 g/mol. The van der Waals surface area contributed by atoms with Gasteiger partial charge in [-0.15, -0.1) is 0 Å². The highest BCUT2D eigenvalue weighted by molar-refractivity contribution is 5.95. The van der Waals surface area contributed by atoms with Crippen LogP contribution in [0.25, 0.3) is 0 Å². The van der Waals surface area contributed by atoms with Gasteiger partial charge in [-0.3, -0.25) is 4.79 Å². The molecule has 0 saturated carbocycles. The minimum absolute atomic E-state index is 0.116. The van der Waals surface area contributed by atoms with Crippen LogP contribution >= 0.6 is 0 Å². The van der Waals surface area contributed by atoms with Gasteiger partial charge in [-0.1, -0.05) is 6.07 Å². The van der Waals surface area contributed by atoms with Crippen molar-refractivity contribution in [2.75, 3.05) is 33.2 Å². The summed E-state index contributed by atoms with van der Waals surface area (Å²) < 4.78 is 10.8. The number of carbonyl (C=O) groups excluding carboxylic acids is 1. The average molecular weight is 328 g/mol. The largest absolute Gasteiger partial charge is 0.496 e. The van der Waals surface area contributed by atoms with E-state index in [0.29, 0.717) is 12.1 Å². The lowest BCUT2D eigenvalue weighted by Crippen LogP contribution is -2.23. The number of anilines is 1. The smallest absolute Gasteiger partial charge is 0.251 e. The fraction of sp³-hybridized carbons (Fsp3) is 0.316. The Labute approximate surface area is 143 Å². The fourth-order valence-corrected chi connectivity index (χ4v) is 2.58. The number of hydrogen-bond donors (Lipinski definition) is 1. The molecule has 2 rings (SSSR count). The van der Waals surface area contributed by atoms with Gasteiger partial charge in [0.15, 0.2) is 0 Å². The maximum absolute atomic E-state index is 12.4. The summed E-state index contributed by atoms with van der Waals surface area (Å²) in [7, 11) is 7.14. The second-order valence-corrected chi connectivity index (χ2v) is 5.71. The molecule has 0 aliphatic heterocycles. The zero-order valence-electron chi connectivity index (χ0n) is 14.8. The van der Waals surface area contributed by atoms with E-state index < -0.39 is 0 Å². The van der Waals surface area contributed by atoms with Crippen molar-refractivity contribution in [3.05, 3.63) is 53.1 Å². The van der Waals surface area contributed by atoms with Crippen molar-refractivity contribution in [1.29, 1.82) is 0 Å². The number of nitrogens with zero attached hydrogens (tertiary/aromatic N) is 1. The minimum Gasteiger partial charge on any atom is -0.496 e. The van der Waals surface area contributed by atoms with Crippen molar-refractivity contribution in [2.24, 2.45) is 0 Å². The minimum atomic E-state index is -0.116. The van der Waals surface area contributed by atoms with E-state index in [4.69, 9.17) is 9.47 Å². The van der Waals surface area contributed by atoms with Crippen LogP contribution in [-0.4, -0.2) is 34.2 Å². The lowest BCUT2D eigenvalue weighted by molar-refractivity contribution is 0.0950. The first kappa shape index (κ1) is 17.7. The van der Waals surface area contributed by atoms with Crippen molar-refractivity contribution in [2.45, 2.75) is 13.5 Å². The predicted molar refractivity (Wildman–Crippen MR) is 96.2 cm³/mol. The Morgan fingerprint density at radius 3 is 2.50 bits per heavy atom. The molecule has 24 heavy (non-hydrogen) atoms. The van der Waals surface area contributed by atoms with Crippen molar-refractivity contribution >= 4 is 11.6 Å². The Hall–Kier alpha value is -2.69. The molecule has 0 heterocycles. The van der Waals surface area contributed by atoms with Crippen molar-refractivity contribution in [3.8, 4) is 11.5 Å². The molecule has 0 spiro atoms. The van der Waals surface area contributed by atoms with Crippen molar-refractivity contribution in [3.63, 3.8) is 0 Å². The Morgan fingerprint density at radius 2 is 1.88 bits per heavy atom. The number of benzene rings is 2. The van der Waals surface area contributed by atoms with Gasteiger partial charge < -0.3 is 19.7 Å². The first-order chi connectivity index (χ1) is 11.5. The second kappa shape index (κ2) is 7.73. The molecular weight excluding hydrogens is 304 g/mol. The number of carbonyl (C=O) groups is 1. The normalized spacial score (nSPS) is 10.2. The van der Waals surface area contributed by atoms with Crippen LogP contribution in [0.15, 0.2) is 36.4 Å². The summed E-state index contributed by atoms with van der Waals surface area (Å²) in [5.74, 6) is 1.38. The maximum atomic E-state index is 12.4. The van der Waals surface area contributed by atoms with Crippen LogP contribution in [-0.2, 0) is 6.54 Å². The molecule has 0 saturated heterocycles. The highest BCUT2D eigenvalue weighted by Gasteiger charge is 2.13. The van der Waals surface area contributed by atoms with Gasteiger partial charge in [-0.05, 0) is 37.3 Å². The van der Waals surface area contributed by atoms with E-state index in [1.165, 1.54) is 0 Å². The number of ether oxygens (including phenoxy) is 2. The molecule has 0 aliphatic rings. The molecule has 5 nitrogen and oxygen atoms in total. The van der Waals surface area contributed by atoms with Gasteiger partial charge in [-0.2, -0.15) is 0 Å². The molecule has 0 unspecified atom stereocenters. The molecule has 0 bridgehead atoms. The molecule has 0 radical (unpaired) electrons. The van der Waals surface area contributed by atoms with E-state index in [1.807, 2.05) is 56.3 Å². The Balaban J connectivity index is 2.15. The predicted octanol–water partition coefficient (Wildman–Crippen LogP) is 3.01. The first-order valence-corrected chi connectivity index (χ1v) is 7.74. The molecule has 5 heteroatoms. The van der Waals surface area contributed by atoms with Crippen LogP contribution in [0.1, 0.15) is 21.5 Å². The fourth-order valence-electron chi connectivity index (χ4n) is 2.58. The van der Waals surface area contributed by atoms with Crippen LogP contribution in [0, 0.1) is 6.92 Å². The third-order valence-corrected chi connectivity index (χ3v) is 3.93. The van der Waals surface area contributed by atoms with Gasteiger partial charge in [-0.25, -0.2) is 0 Å². The molecule has 1 amide bonds. The lowest BCUT2D eigenvalue weighted by atomic mass is 10.1. The van der Waals surface area contributed by atoms with E-state index >= 15 is 0 Å². The summed E-state index contributed by atoms with van der Waals surface area (Å²) in [5, 5.41) is 2.94. The first-order valence-electron chi connectivity index (χ1n) is 7.74. The van der Waals surface area contributed by atoms with Crippen LogP contribution in [0.5, 0.6) is 11.5 Å². The summed E-state index contributed by atoms with van der Waals surface area (Å²) in [6.07, 6.45) is 0. The standard InChI is InChI=1S/C19H24N2O3/c1-13-17(23-4)10-9-15(18(13)24-5)12-20-19(22)14-7-6-8-16(11-14)21(2)3/h6-11H,12H2,1-5H3,(H,20,22). The zero-order chi connectivity index (χ0) is 17.7. The molecule has 2 aromatic carbocycles. The van der Waals surface area contributed by atoms with Crippen molar-refractivity contribution in [1.82, 2.24) is 5.32 Å². The summed E-state index contributed by atoms with van der Waals surface area (Å²) >= 11 is 0. The second-order valence-electron chi connectivity index (χ2n) is 5.71. The van der Waals surface area contributed by atoms with E-state index in [1.54, 1.807) is 20.3 Å². The van der Waals surface area contributed by atoms with Crippen LogP contribution in [0.2, 0.25) is 0 Å². The summed E-state index contributed by atoms with van der Waals surface area (Å²) in [6.45, 7) is 2.32. The number of amides is 1. The van der Waals surface area contributed by atoms with Gasteiger partial charge in [0.2, 0.25) is 0 Å². The average Bonchev–Trinajstić information content (AvgIpc) is 2.59. The van der Waals surface area contributed by atoms with Gasteiger partial charge in [0, 0.05) is 43.0 Å². The van der Waals surface area contributed by atoms with E-state index in [0.717, 1.165) is 28.3 Å². The van der Waals surface area contributed by atoms with E-state index in [9.17, 15) is 4.79 Å². The number of rotatable bonds is 6. The molecule has 1 N–H and O–H groups in total. The van der Waals surface area contributed by atoms with Crippen LogP contribution < -0.4 is 19.7 Å². The van der Waals surface area contributed by atoms with Crippen molar-refractivity contribution < 1.29 is 14.3 Å². The summed E-state index contributed by atoms with van der Waals surface area (Å²) in [4.78, 5) is 14.4. The molecule has 0 aromatic heterocycles. The SMILES string of the molecule is COc1ccc(CNC(=O)c2cccc(N(C)C)c2)c(OC)c1C. The van der Waals surface area contributed by atoms with E-state index in [-0.39, 0.29) is 5.91 Å². The summed E-state index contributed by atoms with van der Waals surface area (Å²) in [5.41, 5.74) is 3.44. The summed E-state index contributed by atoms with van der Waals surface area (Å²) in [6, 6.07) is 11.3. The third kappa shape index (κ3) is 3.79. The Kier molecular flexibility index (Phi) is 5.68. The number of hydrogen-bond acceptors (Lipinski definition) is 4. The van der Waals surface area contributed by atoms with Crippen LogP contribution in [0.3, 0.4) is 0 Å².